The lowest BCUT2D eigenvalue weighted by molar-refractivity contribution is 0.246. The SMILES string of the molecule is CCc1nn(C)c(CN(C)C(C)CC#N)c1Cl. The zero-order valence-corrected chi connectivity index (χ0v) is 11.6. The Morgan fingerprint density at radius 1 is 1.59 bits per heavy atom. The van der Waals surface area contributed by atoms with Gasteiger partial charge in [-0.05, 0) is 20.4 Å². The molecule has 0 spiro atoms. The molecule has 1 aromatic heterocycles. The molecule has 94 valence electrons. The molecule has 1 rings (SSSR count). The highest BCUT2D eigenvalue weighted by molar-refractivity contribution is 6.31. The van der Waals surface area contributed by atoms with Crippen LogP contribution in [-0.4, -0.2) is 27.8 Å². The summed E-state index contributed by atoms with van der Waals surface area (Å²) in [6.45, 7) is 4.79. The van der Waals surface area contributed by atoms with Gasteiger partial charge in [-0.2, -0.15) is 10.4 Å². The molecule has 0 saturated heterocycles. The zero-order valence-electron chi connectivity index (χ0n) is 10.9. The minimum Gasteiger partial charge on any atom is -0.297 e. The molecule has 1 heterocycles. The molecule has 0 aliphatic rings. The number of nitriles is 1. The Morgan fingerprint density at radius 3 is 2.71 bits per heavy atom. The largest absolute Gasteiger partial charge is 0.297 e. The van der Waals surface area contributed by atoms with Crippen molar-refractivity contribution in [2.75, 3.05) is 7.05 Å². The highest BCUT2D eigenvalue weighted by Crippen LogP contribution is 2.22. The van der Waals surface area contributed by atoms with E-state index in [0.29, 0.717) is 13.0 Å². The maximum Gasteiger partial charge on any atom is 0.0863 e. The number of aromatic nitrogens is 2. The van der Waals surface area contributed by atoms with Crippen molar-refractivity contribution in [3.63, 3.8) is 0 Å². The highest BCUT2D eigenvalue weighted by atomic mass is 35.5. The van der Waals surface area contributed by atoms with Crippen LogP contribution in [0.5, 0.6) is 0 Å². The second-order valence-corrected chi connectivity index (χ2v) is 4.69. The summed E-state index contributed by atoms with van der Waals surface area (Å²) >= 11 is 6.28. The summed E-state index contributed by atoms with van der Waals surface area (Å²) in [4.78, 5) is 2.12. The molecule has 0 aliphatic carbocycles. The van der Waals surface area contributed by atoms with Crippen LogP contribution in [0, 0.1) is 11.3 Å². The molecule has 0 fully saturated rings. The fourth-order valence-corrected chi connectivity index (χ4v) is 2.03. The van der Waals surface area contributed by atoms with Crippen LogP contribution in [0.1, 0.15) is 31.7 Å². The van der Waals surface area contributed by atoms with Gasteiger partial charge in [-0.3, -0.25) is 9.58 Å². The quantitative estimate of drug-likeness (QED) is 0.810. The van der Waals surface area contributed by atoms with E-state index in [1.807, 2.05) is 32.6 Å². The first-order chi connectivity index (χ1) is 8.01. The molecule has 0 saturated carbocycles. The minimum absolute atomic E-state index is 0.219. The van der Waals surface area contributed by atoms with Crippen LogP contribution in [0.4, 0.5) is 0 Å². The van der Waals surface area contributed by atoms with E-state index < -0.39 is 0 Å². The van der Waals surface area contributed by atoms with Gasteiger partial charge in [0.1, 0.15) is 0 Å². The van der Waals surface area contributed by atoms with E-state index in [1.54, 1.807) is 0 Å². The third-order valence-corrected chi connectivity index (χ3v) is 3.48. The topological polar surface area (TPSA) is 44.9 Å². The van der Waals surface area contributed by atoms with E-state index in [1.165, 1.54) is 0 Å². The molecule has 0 aliphatic heterocycles. The molecule has 0 amide bonds. The van der Waals surface area contributed by atoms with Crippen LogP contribution in [0.3, 0.4) is 0 Å². The summed E-state index contributed by atoms with van der Waals surface area (Å²) in [6, 6.07) is 2.40. The van der Waals surface area contributed by atoms with E-state index in [2.05, 4.69) is 16.1 Å². The van der Waals surface area contributed by atoms with Gasteiger partial charge in [-0.15, -0.1) is 0 Å². The smallest absolute Gasteiger partial charge is 0.0863 e. The predicted octanol–water partition coefficient (Wildman–Crippen LogP) is 2.37. The van der Waals surface area contributed by atoms with Crippen molar-refractivity contribution in [1.82, 2.24) is 14.7 Å². The molecule has 0 bridgehead atoms. The summed E-state index contributed by atoms with van der Waals surface area (Å²) < 4.78 is 1.83. The standard InChI is InChI=1S/C12H19ClN4/c1-5-10-12(13)11(17(4)15-10)8-16(3)9(2)6-7-14/h9H,5-6,8H2,1-4H3. The Kier molecular flexibility index (Phi) is 4.98. The van der Waals surface area contributed by atoms with Crippen LogP contribution in [0.25, 0.3) is 0 Å². The predicted molar refractivity (Wildman–Crippen MR) is 68.8 cm³/mol. The van der Waals surface area contributed by atoms with Gasteiger partial charge in [0.05, 0.1) is 28.9 Å². The summed E-state index contributed by atoms with van der Waals surface area (Å²) in [5.74, 6) is 0. The summed E-state index contributed by atoms with van der Waals surface area (Å²) in [6.07, 6.45) is 1.36. The second kappa shape index (κ2) is 6.04. The van der Waals surface area contributed by atoms with Crippen molar-refractivity contribution < 1.29 is 0 Å². The van der Waals surface area contributed by atoms with Crippen molar-refractivity contribution in [3.8, 4) is 6.07 Å². The lowest BCUT2D eigenvalue weighted by Crippen LogP contribution is -2.29. The molecular formula is C12H19ClN4. The normalized spacial score (nSPS) is 12.8. The Morgan fingerprint density at radius 2 is 2.24 bits per heavy atom. The number of rotatable bonds is 5. The minimum atomic E-state index is 0.219. The number of hydrogen-bond donors (Lipinski definition) is 0. The summed E-state index contributed by atoms with van der Waals surface area (Å²) in [5.41, 5.74) is 1.95. The highest BCUT2D eigenvalue weighted by Gasteiger charge is 2.17. The Bertz CT molecular complexity index is 419. The molecule has 1 aromatic rings. The Hall–Kier alpha value is -1.05. The third-order valence-electron chi connectivity index (χ3n) is 3.04. The van der Waals surface area contributed by atoms with E-state index in [0.717, 1.165) is 22.8 Å². The second-order valence-electron chi connectivity index (χ2n) is 4.31. The monoisotopic (exact) mass is 254 g/mol. The molecule has 5 heteroatoms. The van der Waals surface area contributed by atoms with Crippen LogP contribution in [-0.2, 0) is 20.0 Å². The molecule has 1 unspecified atom stereocenters. The maximum atomic E-state index is 8.68. The van der Waals surface area contributed by atoms with Crippen LogP contribution >= 0.6 is 11.6 Å². The molecule has 0 N–H and O–H groups in total. The van der Waals surface area contributed by atoms with Gasteiger partial charge in [0.2, 0.25) is 0 Å². The summed E-state index contributed by atoms with van der Waals surface area (Å²) in [7, 11) is 3.90. The van der Waals surface area contributed by atoms with Crippen LogP contribution < -0.4 is 0 Å². The van der Waals surface area contributed by atoms with Crippen molar-refractivity contribution in [3.05, 3.63) is 16.4 Å². The van der Waals surface area contributed by atoms with E-state index >= 15 is 0 Å². The van der Waals surface area contributed by atoms with Crippen molar-refractivity contribution in [2.45, 2.75) is 39.3 Å². The van der Waals surface area contributed by atoms with Gasteiger partial charge in [-0.25, -0.2) is 0 Å². The lowest BCUT2D eigenvalue weighted by atomic mass is 10.2. The average Bonchev–Trinajstić information content (AvgIpc) is 2.56. The van der Waals surface area contributed by atoms with Crippen molar-refractivity contribution in [2.24, 2.45) is 7.05 Å². The average molecular weight is 255 g/mol. The number of nitrogens with zero attached hydrogens (tertiary/aromatic N) is 4. The van der Waals surface area contributed by atoms with Crippen LogP contribution in [0.2, 0.25) is 5.02 Å². The van der Waals surface area contributed by atoms with E-state index in [-0.39, 0.29) is 6.04 Å². The first-order valence-electron chi connectivity index (χ1n) is 5.78. The summed E-state index contributed by atoms with van der Waals surface area (Å²) in [5, 5.41) is 13.8. The Labute approximate surface area is 108 Å². The van der Waals surface area contributed by atoms with Gasteiger partial charge in [0.25, 0.3) is 0 Å². The first-order valence-corrected chi connectivity index (χ1v) is 6.16. The van der Waals surface area contributed by atoms with Gasteiger partial charge in [-0.1, -0.05) is 18.5 Å². The van der Waals surface area contributed by atoms with Gasteiger partial charge in [0.15, 0.2) is 0 Å². The van der Waals surface area contributed by atoms with Gasteiger partial charge >= 0.3 is 0 Å². The lowest BCUT2D eigenvalue weighted by Gasteiger charge is -2.22. The van der Waals surface area contributed by atoms with E-state index in [4.69, 9.17) is 16.9 Å². The van der Waals surface area contributed by atoms with E-state index in [9.17, 15) is 0 Å². The van der Waals surface area contributed by atoms with Crippen LogP contribution in [0.15, 0.2) is 0 Å². The van der Waals surface area contributed by atoms with Gasteiger partial charge < -0.3 is 0 Å². The third kappa shape index (κ3) is 3.21. The molecular weight excluding hydrogens is 236 g/mol. The molecule has 1 atom stereocenters. The number of hydrogen-bond acceptors (Lipinski definition) is 3. The van der Waals surface area contributed by atoms with Crippen molar-refractivity contribution in [1.29, 1.82) is 5.26 Å². The maximum absolute atomic E-state index is 8.68. The molecule has 4 nitrogen and oxygen atoms in total. The van der Waals surface area contributed by atoms with Crippen molar-refractivity contribution >= 4 is 11.6 Å². The number of aryl methyl sites for hydroxylation is 2. The molecule has 17 heavy (non-hydrogen) atoms. The fraction of sp³-hybridized carbons (Fsp3) is 0.667. The zero-order chi connectivity index (χ0) is 13.0. The fourth-order valence-electron chi connectivity index (χ4n) is 1.67. The first kappa shape index (κ1) is 14.0. The molecule has 0 radical (unpaired) electrons. The van der Waals surface area contributed by atoms with Gasteiger partial charge in [0, 0.05) is 19.6 Å². The molecule has 0 aromatic carbocycles. The Balaban J connectivity index is 2.81. The number of halogens is 1.